The summed E-state index contributed by atoms with van der Waals surface area (Å²) in [5, 5.41) is 12.1. The highest BCUT2D eigenvalue weighted by molar-refractivity contribution is 6.06. The zero-order chi connectivity index (χ0) is 28.2. The van der Waals surface area contributed by atoms with Gasteiger partial charge >= 0.3 is 0 Å². The lowest BCUT2D eigenvalue weighted by Crippen LogP contribution is -2.39. The van der Waals surface area contributed by atoms with Crippen LogP contribution in [-0.4, -0.2) is 37.6 Å². The topological polar surface area (TPSA) is 128 Å². The average Bonchev–Trinajstić information content (AvgIpc) is 3.40. The molecule has 1 aliphatic heterocycles. The fourth-order valence-corrected chi connectivity index (χ4v) is 5.96. The molecule has 2 bridgehead atoms. The van der Waals surface area contributed by atoms with Gasteiger partial charge in [0.2, 0.25) is 5.91 Å². The van der Waals surface area contributed by atoms with Gasteiger partial charge in [-0.25, -0.2) is 9.97 Å². The number of hydrogen-bond acceptors (Lipinski definition) is 6. The number of anilines is 2. The van der Waals surface area contributed by atoms with E-state index in [4.69, 9.17) is 10.8 Å². The summed E-state index contributed by atoms with van der Waals surface area (Å²) in [5.74, 6) is 0.837. The minimum absolute atomic E-state index is 0.118. The van der Waals surface area contributed by atoms with Crippen LogP contribution in [0, 0.1) is 0 Å². The number of nitrogens with two attached hydrogens (primary N) is 1. The predicted molar refractivity (Wildman–Crippen MR) is 161 cm³/mol. The summed E-state index contributed by atoms with van der Waals surface area (Å²) in [6.45, 7) is 0. The molecule has 41 heavy (non-hydrogen) atoms. The molecule has 1 fully saturated rings. The van der Waals surface area contributed by atoms with E-state index in [0.29, 0.717) is 23.6 Å². The van der Waals surface area contributed by atoms with E-state index in [0.717, 1.165) is 79.1 Å². The molecule has 1 aliphatic carbocycles. The van der Waals surface area contributed by atoms with Gasteiger partial charge in [-0.3, -0.25) is 14.3 Å². The minimum atomic E-state index is -0.234. The third-order valence-corrected chi connectivity index (χ3v) is 8.04. The van der Waals surface area contributed by atoms with E-state index in [1.54, 1.807) is 30.5 Å². The van der Waals surface area contributed by atoms with E-state index in [1.807, 2.05) is 24.4 Å². The normalized spacial score (nSPS) is 20.4. The number of aromatic nitrogens is 4. The standard InChI is InChI=1S/C32H35N7O2/c33-31-28-29(21-14-16-22(17-15-21)32(41)37-26-12-6-7-18-34-26)38-39-25-11-8-10-24(19-25)36-27(40)13-5-3-1-2-4-9-23(20-35-31)30(28)39/h4,6-7,9,12,14-18,20,24-25H,1-3,5,8,10-11,13,19H2,(H2,33,35)(H,36,40)(H,34,37,41)/b9-4+/t24-,25-/m1/s1. The number of nitrogens with zero attached hydrogens (tertiary/aromatic N) is 4. The van der Waals surface area contributed by atoms with Gasteiger partial charge in [-0.05, 0) is 69.2 Å². The zero-order valence-corrected chi connectivity index (χ0v) is 23.1. The third-order valence-electron chi connectivity index (χ3n) is 8.04. The molecular formula is C32H35N7O2. The van der Waals surface area contributed by atoms with Crippen LogP contribution >= 0.6 is 0 Å². The predicted octanol–water partition coefficient (Wildman–Crippen LogP) is 5.91. The van der Waals surface area contributed by atoms with Gasteiger partial charge in [0.15, 0.2) is 0 Å². The molecule has 0 radical (unpaired) electrons. The summed E-state index contributed by atoms with van der Waals surface area (Å²) < 4.78 is 2.11. The van der Waals surface area contributed by atoms with Crippen molar-refractivity contribution in [1.29, 1.82) is 0 Å². The van der Waals surface area contributed by atoms with Crippen molar-refractivity contribution in [2.75, 3.05) is 11.1 Å². The Labute approximate surface area is 239 Å². The Morgan fingerprint density at radius 3 is 2.73 bits per heavy atom. The van der Waals surface area contributed by atoms with Crippen LogP contribution in [0.3, 0.4) is 0 Å². The van der Waals surface area contributed by atoms with Crippen molar-refractivity contribution in [1.82, 2.24) is 25.1 Å². The number of carbonyl (C=O) groups is 2. The van der Waals surface area contributed by atoms with Gasteiger partial charge in [-0.1, -0.05) is 36.8 Å². The highest BCUT2D eigenvalue weighted by atomic mass is 16.2. The summed E-state index contributed by atoms with van der Waals surface area (Å²) in [6, 6.07) is 13.0. The lowest BCUT2D eigenvalue weighted by atomic mass is 9.90. The Hall–Kier alpha value is -4.53. The number of fused-ring (bicyclic) bond motifs is 3. The molecule has 1 aromatic carbocycles. The molecule has 9 nitrogen and oxygen atoms in total. The fraction of sp³-hybridized carbons (Fsp3) is 0.344. The van der Waals surface area contributed by atoms with Crippen LogP contribution in [0.15, 0.2) is 60.9 Å². The largest absolute Gasteiger partial charge is 0.383 e. The molecule has 210 valence electrons. The lowest BCUT2D eigenvalue weighted by molar-refractivity contribution is -0.122. The van der Waals surface area contributed by atoms with Crippen LogP contribution in [0.2, 0.25) is 0 Å². The van der Waals surface area contributed by atoms with E-state index < -0.39 is 0 Å². The highest BCUT2D eigenvalue weighted by Gasteiger charge is 2.29. The molecule has 3 aromatic heterocycles. The lowest BCUT2D eigenvalue weighted by Gasteiger charge is -2.30. The van der Waals surface area contributed by atoms with Gasteiger partial charge < -0.3 is 16.4 Å². The molecule has 0 saturated heterocycles. The molecule has 0 unspecified atom stereocenters. The van der Waals surface area contributed by atoms with E-state index in [1.165, 1.54) is 0 Å². The van der Waals surface area contributed by atoms with Crippen LogP contribution in [0.5, 0.6) is 0 Å². The Kier molecular flexibility index (Phi) is 7.75. The van der Waals surface area contributed by atoms with Crippen molar-refractivity contribution in [2.45, 2.75) is 69.9 Å². The molecule has 1 saturated carbocycles. The Morgan fingerprint density at radius 2 is 1.90 bits per heavy atom. The second-order valence-electron chi connectivity index (χ2n) is 10.9. The highest BCUT2D eigenvalue weighted by Crippen LogP contribution is 2.39. The maximum absolute atomic E-state index is 12.8. The summed E-state index contributed by atoms with van der Waals surface area (Å²) in [5.41, 5.74) is 10.6. The monoisotopic (exact) mass is 549 g/mol. The second kappa shape index (κ2) is 11.9. The third kappa shape index (κ3) is 5.84. The van der Waals surface area contributed by atoms with Crippen molar-refractivity contribution in [3.8, 4) is 11.3 Å². The van der Waals surface area contributed by atoms with Crippen molar-refractivity contribution in [3.05, 3.63) is 72.1 Å². The maximum atomic E-state index is 12.8. The van der Waals surface area contributed by atoms with Crippen LogP contribution in [0.4, 0.5) is 11.6 Å². The number of pyridine rings is 2. The molecule has 4 N–H and O–H groups in total. The van der Waals surface area contributed by atoms with Gasteiger partial charge in [0, 0.05) is 41.5 Å². The van der Waals surface area contributed by atoms with Crippen LogP contribution in [-0.2, 0) is 4.79 Å². The van der Waals surface area contributed by atoms with Crippen LogP contribution < -0.4 is 16.4 Å². The average molecular weight is 550 g/mol. The number of amides is 2. The Morgan fingerprint density at radius 1 is 1.02 bits per heavy atom. The van der Waals surface area contributed by atoms with E-state index >= 15 is 0 Å². The van der Waals surface area contributed by atoms with Crippen molar-refractivity contribution in [2.24, 2.45) is 0 Å². The number of hydrogen-bond donors (Lipinski definition) is 3. The second-order valence-corrected chi connectivity index (χ2v) is 10.9. The molecule has 2 atom stereocenters. The SMILES string of the molecule is Nc1ncc2c3c1c(-c1ccc(C(=O)Nc4ccccn4)cc1)nn3[C@@H]1CCC[C@H](C1)NC(=O)CCCCC/C=C/2. The van der Waals surface area contributed by atoms with Crippen molar-refractivity contribution >= 4 is 40.4 Å². The van der Waals surface area contributed by atoms with Gasteiger partial charge in [-0.15, -0.1) is 0 Å². The summed E-state index contributed by atoms with van der Waals surface area (Å²) in [4.78, 5) is 34.1. The molecule has 2 amide bonds. The van der Waals surface area contributed by atoms with Gasteiger partial charge in [0.1, 0.15) is 17.3 Å². The smallest absolute Gasteiger partial charge is 0.256 e. The quantitative estimate of drug-likeness (QED) is 0.292. The van der Waals surface area contributed by atoms with Gasteiger partial charge in [0.05, 0.1) is 16.9 Å². The summed E-state index contributed by atoms with van der Waals surface area (Å²) in [7, 11) is 0. The fourth-order valence-electron chi connectivity index (χ4n) is 5.96. The van der Waals surface area contributed by atoms with Crippen molar-refractivity contribution < 1.29 is 9.59 Å². The summed E-state index contributed by atoms with van der Waals surface area (Å²) in [6.07, 6.45) is 16.1. The number of allylic oxidation sites excluding steroid dienone is 1. The molecule has 9 heteroatoms. The summed E-state index contributed by atoms with van der Waals surface area (Å²) >= 11 is 0. The maximum Gasteiger partial charge on any atom is 0.256 e. The molecular weight excluding hydrogens is 514 g/mol. The first-order chi connectivity index (χ1) is 20.1. The van der Waals surface area contributed by atoms with E-state index in [-0.39, 0.29) is 23.9 Å². The zero-order valence-electron chi connectivity index (χ0n) is 23.1. The van der Waals surface area contributed by atoms with E-state index in [9.17, 15) is 9.59 Å². The Bertz CT molecular complexity index is 1580. The number of benzene rings is 1. The molecule has 0 spiro atoms. The first-order valence-corrected chi connectivity index (χ1v) is 14.5. The van der Waals surface area contributed by atoms with E-state index in [2.05, 4.69) is 37.4 Å². The van der Waals surface area contributed by atoms with Gasteiger partial charge in [0.25, 0.3) is 5.91 Å². The van der Waals surface area contributed by atoms with Gasteiger partial charge in [-0.2, -0.15) is 5.10 Å². The first-order valence-electron chi connectivity index (χ1n) is 14.5. The number of carbonyl (C=O) groups excluding carboxylic acids is 2. The number of rotatable bonds is 3. The number of nitrogen functional groups attached to an aromatic ring is 1. The number of nitrogens with one attached hydrogen (secondary N) is 2. The molecule has 2 aliphatic rings. The molecule has 4 heterocycles. The molecule has 6 rings (SSSR count). The Balaban J connectivity index is 1.39. The molecule has 4 aromatic rings. The van der Waals surface area contributed by atoms with Crippen LogP contribution in [0.1, 0.15) is 79.8 Å². The first kappa shape index (κ1) is 26.7. The van der Waals surface area contributed by atoms with Crippen LogP contribution in [0.25, 0.3) is 28.2 Å². The minimum Gasteiger partial charge on any atom is -0.383 e. The van der Waals surface area contributed by atoms with Crippen molar-refractivity contribution in [3.63, 3.8) is 0 Å².